The SMILES string of the molecule is O=C(NCc1ccccc1)c1cc(F)cnc1Oc1ccc(F)c(Cl)c1. The highest BCUT2D eigenvalue weighted by molar-refractivity contribution is 6.30. The van der Waals surface area contributed by atoms with Crippen molar-refractivity contribution in [2.24, 2.45) is 0 Å². The van der Waals surface area contributed by atoms with E-state index in [0.29, 0.717) is 0 Å². The van der Waals surface area contributed by atoms with Crippen molar-refractivity contribution in [3.8, 4) is 11.6 Å². The minimum absolute atomic E-state index is 0.0821. The smallest absolute Gasteiger partial charge is 0.257 e. The zero-order chi connectivity index (χ0) is 18.5. The number of nitrogens with one attached hydrogen (secondary N) is 1. The summed E-state index contributed by atoms with van der Waals surface area (Å²) in [5.74, 6) is -1.78. The second kappa shape index (κ2) is 7.93. The van der Waals surface area contributed by atoms with Gasteiger partial charge in [-0.05, 0) is 23.8 Å². The molecule has 26 heavy (non-hydrogen) atoms. The Morgan fingerprint density at radius 3 is 2.62 bits per heavy atom. The van der Waals surface area contributed by atoms with Gasteiger partial charge in [0.25, 0.3) is 5.91 Å². The molecule has 0 saturated carbocycles. The van der Waals surface area contributed by atoms with Crippen LogP contribution in [0.5, 0.6) is 11.6 Å². The van der Waals surface area contributed by atoms with Gasteiger partial charge in [-0.2, -0.15) is 0 Å². The van der Waals surface area contributed by atoms with E-state index < -0.39 is 17.5 Å². The van der Waals surface area contributed by atoms with Crippen LogP contribution >= 0.6 is 11.6 Å². The molecule has 3 rings (SSSR count). The van der Waals surface area contributed by atoms with E-state index in [0.717, 1.165) is 23.9 Å². The number of carbonyl (C=O) groups is 1. The van der Waals surface area contributed by atoms with Crippen LogP contribution in [-0.2, 0) is 6.54 Å². The first-order valence-corrected chi connectivity index (χ1v) is 8.01. The van der Waals surface area contributed by atoms with Crippen molar-refractivity contribution < 1.29 is 18.3 Å². The van der Waals surface area contributed by atoms with Crippen LogP contribution < -0.4 is 10.1 Å². The maximum absolute atomic E-state index is 13.6. The lowest BCUT2D eigenvalue weighted by molar-refractivity contribution is 0.0947. The molecule has 0 aliphatic rings. The highest BCUT2D eigenvalue weighted by Crippen LogP contribution is 2.27. The van der Waals surface area contributed by atoms with Gasteiger partial charge in [0.2, 0.25) is 5.88 Å². The molecule has 0 unspecified atom stereocenters. The number of ether oxygens (including phenoxy) is 1. The van der Waals surface area contributed by atoms with Crippen molar-refractivity contribution in [3.05, 3.63) is 88.6 Å². The van der Waals surface area contributed by atoms with Crippen LogP contribution in [0.1, 0.15) is 15.9 Å². The van der Waals surface area contributed by atoms with Gasteiger partial charge >= 0.3 is 0 Å². The first-order valence-electron chi connectivity index (χ1n) is 7.63. The third-order valence-corrected chi connectivity index (χ3v) is 3.75. The molecule has 132 valence electrons. The maximum atomic E-state index is 13.6. The monoisotopic (exact) mass is 374 g/mol. The van der Waals surface area contributed by atoms with E-state index in [9.17, 15) is 13.6 Å². The lowest BCUT2D eigenvalue weighted by atomic mass is 10.2. The first kappa shape index (κ1) is 17.8. The minimum atomic E-state index is -0.681. The van der Waals surface area contributed by atoms with Crippen molar-refractivity contribution in [1.82, 2.24) is 10.3 Å². The van der Waals surface area contributed by atoms with E-state index in [1.807, 2.05) is 30.3 Å². The molecule has 2 aromatic carbocycles. The molecule has 0 fully saturated rings. The molecule has 0 atom stereocenters. The molecular formula is C19H13ClF2N2O2. The number of halogens is 3. The van der Waals surface area contributed by atoms with Crippen LogP contribution in [0.2, 0.25) is 5.02 Å². The van der Waals surface area contributed by atoms with Crippen LogP contribution in [0.4, 0.5) is 8.78 Å². The highest BCUT2D eigenvalue weighted by Gasteiger charge is 2.16. The number of carbonyl (C=O) groups excluding carboxylic acids is 1. The van der Waals surface area contributed by atoms with E-state index in [1.165, 1.54) is 12.1 Å². The molecule has 7 heteroatoms. The zero-order valence-electron chi connectivity index (χ0n) is 13.4. The fraction of sp³-hybridized carbons (Fsp3) is 0.0526. The van der Waals surface area contributed by atoms with E-state index >= 15 is 0 Å². The molecule has 1 N–H and O–H groups in total. The second-order valence-electron chi connectivity index (χ2n) is 5.35. The standard InChI is InChI=1S/C19H13ClF2N2O2/c20-16-9-14(6-7-17(16)22)26-19-15(8-13(21)11-24-19)18(25)23-10-12-4-2-1-3-5-12/h1-9,11H,10H2,(H,23,25). The van der Waals surface area contributed by atoms with Gasteiger partial charge in [0.1, 0.15) is 22.9 Å². The summed E-state index contributed by atoms with van der Waals surface area (Å²) in [6.07, 6.45) is 0.925. The summed E-state index contributed by atoms with van der Waals surface area (Å²) < 4.78 is 32.3. The Morgan fingerprint density at radius 2 is 1.88 bits per heavy atom. The Bertz CT molecular complexity index is 936. The van der Waals surface area contributed by atoms with Crippen molar-refractivity contribution in [2.45, 2.75) is 6.54 Å². The molecule has 4 nitrogen and oxygen atoms in total. The van der Waals surface area contributed by atoms with Gasteiger partial charge in [0.15, 0.2) is 0 Å². The number of rotatable bonds is 5. The van der Waals surface area contributed by atoms with Crippen molar-refractivity contribution in [2.75, 3.05) is 0 Å². The lowest BCUT2D eigenvalue weighted by Crippen LogP contribution is -2.23. The predicted molar refractivity (Wildman–Crippen MR) is 93.3 cm³/mol. The van der Waals surface area contributed by atoms with Crippen LogP contribution in [0, 0.1) is 11.6 Å². The third kappa shape index (κ3) is 4.34. The number of hydrogen-bond acceptors (Lipinski definition) is 3. The average Bonchev–Trinajstić information content (AvgIpc) is 2.65. The average molecular weight is 375 g/mol. The van der Waals surface area contributed by atoms with Gasteiger partial charge in [0.05, 0.1) is 11.2 Å². The summed E-state index contributed by atoms with van der Waals surface area (Å²) in [5, 5.41) is 2.54. The Morgan fingerprint density at radius 1 is 1.12 bits per heavy atom. The number of hydrogen-bond donors (Lipinski definition) is 1. The lowest BCUT2D eigenvalue weighted by Gasteiger charge is -2.11. The van der Waals surface area contributed by atoms with Crippen LogP contribution in [0.25, 0.3) is 0 Å². The van der Waals surface area contributed by atoms with E-state index in [4.69, 9.17) is 16.3 Å². The number of nitrogens with zero attached hydrogens (tertiary/aromatic N) is 1. The number of benzene rings is 2. The summed E-state index contributed by atoms with van der Waals surface area (Å²) in [6.45, 7) is 0.262. The van der Waals surface area contributed by atoms with Crippen LogP contribution in [0.15, 0.2) is 60.8 Å². The molecule has 0 aliphatic carbocycles. The third-order valence-electron chi connectivity index (χ3n) is 3.46. The highest BCUT2D eigenvalue weighted by atomic mass is 35.5. The van der Waals surface area contributed by atoms with E-state index in [1.54, 1.807) is 0 Å². The largest absolute Gasteiger partial charge is 0.438 e. The Labute approximate surface area is 153 Å². The molecular weight excluding hydrogens is 362 g/mol. The predicted octanol–water partition coefficient (Wildman–Crippen LogP) is 4.74. The van der Waals surface area contributed by atoms with Crippen molar-refractivity contribution in [1.29, 1.82) is 0 Å². The summed E-state index contributed by atoms with van der Waals surface area (Å²) in [4.78, 5) is 16.2. The fourth-order valence-electron chi connectivity index (χ4n) is 2.20. The summed E-state index contributed by atoms with van der Waals surface area (Å²) in [6, 6.07) is 14.0. The van der Waals surface area contributed by atoms with Crippen molar-refractivity contribution >= 4 is 17.5 Å². The van der Waals surface area contributed by atoms with E-state index in [2.05, 4.69) is 10.3 Å². The summed E-state index contributed by atoms with van der Waals surface area (Å²) in [7, 11) is 0. The normalized spacial score (nSPS) is 10.4. The van der Waals surface area contributed by atoms with E-state index in [-0.39, 0.29) is 28.8 Å². The van der Waals surface area contributed by atoms with Gasteiger partial charge in [-0.25, -0.2) is 13.8 Å². The topological polar surface area (TPSA) is 51.2 Å². The zero-order valence-corrected chi connectivity index (χ0v) is 14.1. The Hall–Kier alpha value is -2.99. The maximum Gasteiger partial charge on any atom is 0.257 e. The molecule has 0 spiro atoms. The summed E-state index contributed by atoms with van der Waals surface area (Å²) in [5.41, 5.74) is 0.805. The van der Waals surface area contributed by atoms with Gasteiger partial charge in [-0.3, -0.25) is 4.79 Å². The minimum Gasteiger partial charge on any atom is -0.438 e. The first-order chi connectivity index (χ1) is 12.5. The molecule has 0 saturated heterocycles. The van der Waals surface area contributed by atoms with Gasteiger partial charge < -0.3 is 10.1 Å². The van der Waals surface area contributed by atoms with Crippen LogP contribution in [-0.4, -0.2) is 10.9 Å². The number of aromatic nitrogens is 1. The Kier molecular flexibility index (Phi) is 5.43. The molecule has 0 radical (unpaired) electrons. The number of pyridine rings is 1. The summed E-state index contributed by atoms with van der Waals surface area (Å²) >= 11 is 5.71. The van der Waals surface area contributed by atoms with Gasteiger partial charge in [-0.1, -0.05) is 41.9 Å². The molecule has 3 aromatic rings. The molecule has 0 aliphatic heterocycles. The molecule has 1 heterocycles. The van der Waals surface area contributed by atoms with Crippen LogP contribution in [0.3, 0.4) is 0 Å². The second-order valence-corrected chi connectivity index (χ2v) is 5.76. The van der Waals surface area contributed by atoms with Gasteiger partial charge in [-0.15, -0.1) is 0 Å². The van der Waals surface area contributed by atoms with Crippen molar-refractivity contribution in [3.63, 3.8) is 0 Å². The quantitative estimate of drug-likeness (QED) is 0.702. The molecule has 1 aromatic heterocycles. The molecule has 0 bridgehead atoms. The molecule has 1 amide bonds. The fourth-order valence-corrected chi connectivity index (χ4v) is 2.37. The Balaban J connectivity index is 1.80. The van der Waals surface area contributed by atoms with Gasteiger partial charge in [0, 0.05) is 12.6 Å². The number of amides is 1.